The third-order valence-corrected chi connectivity index (χ3v) is 4.51. The third-order valence-electron chi connectivity index (χ3n) is 3.20. The van der Waals surface area contributed by atoms with Gasteiger partial charge in [0.25, 0.3) is 0 Å². The Balaban J connectivity index is 2.03. The van der Waals surface area contributed by atoms with Crippen LogP contribution in [0.3, 0.4) is 0 Å². The zero-order valence-corrected chi connectivity index (χ0v) is 11.9. The first-order valence-corrected chi connectivity index (χ1v) is 7.44. The fourth-order valence-electron chi connectivity index (χ4n) is 2.16. The zero-order chi connectivity index (χ0) is 13.7. The van der Waals surface area contributed by atoms with E-state index in [1.54, 1.807) is 11.7 Å². The molecule has 1 aromatic heterocycles. The molecule has 0 spiro atoms. The van der Waals surface area contributed by atoms with Crippen molar-refractivity contribution in [3.05, 3.63) is 10.5 Å². The van der Waals surface area contributed by atoms with Crippen molar-refractivity contribution in [1.29, 1.82) is 0 Å². The SMILES string of the molecule is COCCCn1c(SC2CCCCC2=O)n[nH]c1=O. The Labute approximate surface area is 115 Å². The molecule has 1 aliphatic carbocycles. The second-order valence-electron chi connectivity index (χ2n) is 4.63. The predicted molar refractivity (Wildman–Crippen MR) is 72.5 cm³/mol. The summed E-state index contributed by atoms with van der Waals surface area (Å²) in [5.41, 5.74) is -0.220. The molecular weight excluding hydrogens is 266 g/mol. The Morgan fingerprint density at radius 1 is 1.47 bits per heavy atom. The minimum absolute atomic E-state index is 0.0508. The van der Waals surface area contributed by atoms with Crippen LogP contribution in [0.25, 0.3) is 0 Å². The van der Waals surface area contributed by atoms with Crippen molar-refractivity contribution in [2.24, 2.45) is 0 Å². The van der Waals surface area contributed by atoms with Crippen LogP contribution in [0.15, 0.2) is 9.95 Å². The van der Waals surface area contributed by atoms with Gasteiger partial charge in [0.1, 0.15) is 5.78 Å². The summed E-state index contributed by atoms with van der Waals surface area (Å²) in [6.07, 6.45) is 4.33. The highest BCUT2D eigenvalue weighted by molar-refractivity contribution is 8.00. The molecule has 19 heavy (non-hydrogen) atoms. The van der Waals surface area contributed by atoms with Gasteiger partial charge in [0.2, 0.25) is 0 Å². The predicted octanol–water partition coefficient (Wildman–Crippen LogP) is 1.21. The van der Waals surface area contributed by atoms with Crippen molar-refractivity contribution in [1.82, 2.24) is 14.8 Å². The number of carbonyl (C=O) groups excluding carboxylic acids is 1. The van der Waals surface area contributed by atoms with Crippen molar-refractivity contribution in [3.63, 3.8) is 0 Å². The van der Waals surface area contributed by atoms with Gasteiger partial charge < -0.3 is 4.74 Å². The number of aromatic nitrogens is 3. The third kappa shape index (κ3) is 3.70. The first-order valence-electron chi connectivity index (χ1n) is 6.56. The number of rotatable bonds is 6. The number of hydrogen-bond acceptors (Lipinski definition) is 5. The van der Waals surface area contributed by atoms with E-state index >= 15 is 0 Å². The number of nitrogens with one attached hydrogen (secondary N) is 1. The Hall–Kier alpha value is -1.08. The van der Waals surface area contributed by atoms with Gasteiger partial charge in [-0.1, -0.05) is 18.2 Å². The van der Waals surface area contributed by atoms with Crippen LogP contribution in [0.4, 0.5) is 0 Å². The lowest BCUT2D eigenvalue weighted by atomic mass is 9.99. The van der Waals surface area contributed by atoms with Crippen LogP contribution in [-0.2, 0) is 16.1 Å². The molecule has 0 bridgehead atoms. The summed E-state index contributed by atoms with van der Waals surface area (Å²) < 4.78 is 6.57. The second kappa shape index (κ2) is 6.91. The molecule has 1 saturated carbocycles. The van der Waals surface area contributed by atoms with Gasteiger partial charge in [-0.25, -0.2) is 9.89 Å². The molecule has 0 aromatic carbocycles. The Morgan fingerprint density at radius 3 is 3.05 bits per heavy atom. The molecule has 0 aliphatic heterocycles. The van der Waals surface area contributed by atoms with E-state index in [1.165, 1.54) is 11.8 Å². The molecule has 1 aromatic rings. The number of thioether (sulfide) groups is 1. The number of nitrogens with zero attached hydrogens (tertiary/aromatic N) is 2. The largest absolute Gasteiger partial charge is 0.385 e. The van der Waals surface area contributed by atoms with Crippen LogP contribution in [0.1, 0.15) is 32.1 Å². The molecule has 0 saturated heterocycles. The number of methoxy groups -OCH3 is 1. The summed E-state index contributed by atoms with van der Waals surface area (Å²) in [5.74, 6) is 0.273. The fourth-order valence-corrected chi connectivity index (χ4v) is 3.35. The summed E-state index contributed by atoms with van der Waals surface area (Å²) >= 11 is 1.41. The van der Waals surface area contributed by atoms with Crippen molar-refractivity contribution in [2.45, 2.75) is 49.1 Å². The normalized spacial score (nSPS) is 19.8. The molecule has 6 nitrogen and oxygen atoms in total. The number of ketones is 1. The van der Waals surface area contributed by atoms with E-state index in [0.717, 1.165) is 25.7 Å². The lowest BCUT2D eigenvalue weighted by molar-refractivity contribution is -0.119. The first-order chi connectivity index (χ1) is 9.22. The van der Waals surface area contributed by atoms with Crippen LogP contribution in [-0.4, -0.2) is 39.5 Å². The van der Waals surface area contributed by atoms with Crippen molar-refractivity contribution < 1.29 is 9.53 Å². The standard InChI is InChI=1S/C12H19N3O3S/c1-18-8-4-7-15-11(17)13-14-12(15)19-10-6-3-2-5-9(10)16/h10H,2-8H2,1H3,(H,13,17). The fraction of sp³-hybridized carbons (Fsp3) is 0.750. The Bertz CT molecular complexity index is 483. The van der Waals surface area contributed by atoms with Gasteiger partial charge >= 0.3 is 5.69 Å². The average Bonchev–Trinajstić information content (AvgIpc) is 2.74. The summed E-state index contributed by atoms with van der Waals surface area (Å²) in [7, 11) is 1.63. The Kier molecular flexibility index (Phi) is 5.21. The molecule has 1 fully saturated rings. The maximum atomic E-state index is 11.8. The Morgan fingerprint density at radius 2 is 2.32 bits per heavy atom. The van der Waals surface area contributed by atoms with E-state index in [4.69, 9.17) is 4.74 Å². The van der Waals surface area contributed by atoms with E-state index in [1.807, 2.05) is 0 Å². The quantitative estimate of drug-likeness (QED) is 0.795. The van der Waals surface area contributed by atoms with Crippen molar-refractivity contribution >= 4 is 17.5 Å². The highest BCUT2D eigenvalue weighted by Crippen LogP contribution is 2.29. The number of hydrogen-bond donors (Lipinski definition) is 1. The minimum atomic E-state index is -0.220. The molecule has 1 atom stereocenters. The molecule has 7 heteroatoms. The van der Waals surface area contributed by atoms with Gasteiger partial charge in [0.05, 0.1) is 5.25 Å². The lowest BCUT2D eigenvalue weighted by Gasteiger charge is -2.19. The van der Waals surface area contributed by atoms with Gasteiger partial charge in [-0.05, 0) is 19.3 Å². The van der Waals surface area contributed by atoms with Crippen LogP contribution in [0.2, 0.25) is 0 Å². The summed E-state index contributed by atoms with van der Waals surface area (Å²) in [6.45, 7) is 1.16. The van der Waals surface area contributed by atoms with Crippen LogP contribution in [0, 0.1) is 0 Å². The van der Waals surface area contributed by atoms with Crippen LogP contribution in [0.5, 0.6) is 0 Å². The van der Waals surface area contributed by atoms with Crippen LogP contribution >= 0.6 is 11.8 Å². The van der Waals surface area contributed by atoms with Gasteiger partial charge in [-0.3, -0.25) is 9.36 Å². The molecule has 0 amide bonds. The van der Waals surface area contributed by atoms with Crippen molar-refractivity contribution in [2.75, 3.05) is 13.7 Å². The highest BCUT2D eigenvalue weighted by Gasteiger charge is 2.25. The molecule has 1 aliphatic rings. The number of ether oxygens (including phenoxy) is 1. The lowest BCUT2D eigenvalue weighted by Crippen LogP contribution is -2.23. The number of Topliss-reactive ketones (excluding diaryl/α,β-unsaturated/α-hetero) is 1. The number of aromatic amines is 1. The summed E-state index contributed by atoms with van der Waals surface area (Å²) in [6, 6.07) is 0. The van der Waals surface area contributed by atoms with Crippen molar-refractivity contribution in [3.8, 4) is 0 Å². The van der Waals surface area contributed by atoms with Crippen LogP contribution < -0.4 is 5.69 Å². The smallest absolute Gasteiger partial charge is 0.343 e. The maximum Gasteiger partial charge on any atom is 0.343 e. The molecular formula is C12H19N3O3S. The molecule has 0 radical (unpaired) electrons. The van der Waals surface area contributed by atoms with E-state index in [0.29, 0.717) is 24.7 Å². The maximum absolute atomic E-state index is 11.8. The average molecular weight is 285 g/mol. The van der Waals surface area contributed by atoms with E-state index in [2.05, 4.69) is 10.2 Å². The first kappa shape index (κ1) is 14.3. The summed E-state index contributed by atoms with van der Waals surface area (Å²) in [4.78, 5) is 23.5. The zero-order valence-electron chi connectivity index (χ0n) is 11.1. The molecule has 2 rings (SSSR count). The molecule has 106 valence electrons. The minimum Gasteiger partial charge on any atom is -0.385 e. The molecule has 1 N–H and O–H groups in total. The van der Waals surface area contributed by atoms with E-state index in [-0.39, 0.29) is 16.7 Å². The number of carbonyl (C=O) groups is 1. The van der Waals surface area contributed by atoms with Gasteiger partial charge in [-0.15, -0.1) is 5.10 Å². The van der Waals surface area contributed by atoms with Gasteiger partial charge in [0.15, 0.2) is 5.16 Å². The number of H-pyrrole nitrogens is 1. The van der Waals surface area contributed by atoms with Gasteiger partial charge in [-0.2, -0.15) is 0 Å². The topological polar surface area (TPSA) is 77.0 Å². The van der Waals surface area contributed by atoms with E-state index in [9.17, 15) is 9.59 Å². The van der Waals surface area contributed by atoms with Gasteiger partial charge in [0, 0.05) is 26.7 Å². The monoisotopic (exact) mass is 285 g/mol. The summed E-state index contributed by atoms with van der Waals surface area (Å²) in [5, 5.41) is 7.03. The van der Waals surface area contributed by atoms with E-state index < -0.39 is 0 Å². The molecule has 1 unspecified atom stereocenters. The highest BCUT2D eigenvalue weighted by atomic mass is 32.2. The second-order valence-corrected chi connectivity index (χ2v) is 5.80. The molecule has 1 heterocycles.